The van der Waals surface area contributed by atoms with Gasteiger partial charge in [0.15, 0.2) is 5.65 Å². The highest BCUT2D eigenvalue weighted by molar-refractivity contribution is 5.87. The number of rotatable bonds is 2. The zero-order valence-electron chi connectivity index (χ0n) is 11.8. The van der Waals surface area contributed by atoms with E-state index in [9.17, 15) is 4.79 Å². The Morgan fingerprint density at radius 3 is 2.77 bits per heavy atom. The van der Waals surface area contributed by atoms with Gasteiger partial charge in [-0.2, -0.15) is 0 Å². The number of fused-ring (bicyclic) bond motifs is 3. The van der Waals surface area contributed by atoms with Crippen LogP contribution in [0.25, 0.3) is 27.7 Å². The lowest BCUT2D eigenvalue weighted by molar-refractivity contribution is 0.397. The van der Waals surface area contributed by atoms with E-state index in [2.05, 4.69) is 15.1 Å². The number of benzene rings is 1. The molecule has 0 aliphatic heterocycles. The van der Waals surface area contributed by atoms with Crippen LogP contribution in [0.5, 0.6) is 5.88 Å². The highest BCUT2D eigenvalue weighted by atomic mass is 16.5. The smallest absolute Gasteiger partial charge is 0.258 e. The van der Waals surface area contributed by atoms with Gasteiger partial charge < -0.3 is 9.72 Å². The fourth-order valence-corrected chi connectivity index (χ4v) is 2.59. The van der Waals surface area contributed by atoms with E-state index in [1.165, 1.54) is 0 Å². The van der Waals surface area contributed by atoms with Crippen LogP contribution in [0.3, 0.4) is 0 Å². The van der Waals surface area contributed by atoms with Crippen molar-refractivity contribution in [3.8, 4) is 17.0 Å². The highest BCUT2D eigenvalue weighted by Crippen LogP contribution is 2.33. The lowest BCUT2D eigenvalue weighted by atomic mass is 10.1. The van der Waals surface area contributed by atoms with Gasteiger partial charge in [0.1, 0.15) is 0 Å². The molecule has 6 heteroatoms. The summed E-state index contributed by atoms with van der Waals surface area (Å²) >= 11 is 0. The first-order valence-electron chi connectivity index (χ1n) is 6.78. The zero-order valence-corrected chi connectivity index (χ0v) is 11.8. The van der Waals surface area contributed by atoms with Crippen LogP contribution in [-0.4, -0.2) is 26.7 Å². The van der Waals surface area contributed by atoms with E-state index >= 15 is 0 Å². The van der Waals surface area contributed by atoms with Crippen LogP contribution in [0.15, 0.2) is 53.6 Å². The molecule has 1 N–H and O–H groups in total. The van der Waals surface area contributed by atoms with Gasteiger partial charge >= 0.3 is 0 Å². The predicted octanol–water partition coefficient (Wildman–Crippen LogP) is 2.25. The molecular formula is C16H12N4O2. The summed E-state index contributed by atoms with van der Waals surface area (Å²) in [6.45, 7) is 0. The average molecular weight is 292 g/mol. The summed E-state index contributed by atoms with van der Waals surface area (Å²) in [4.78, 5) is 18.9. The molecule has 0 aliphatic rings. The number of hydrogen-bond donors (Lipinski definition) is 1. The number of H-pyrrole nitrogens is 1. The molecule has 6 nitrogen and oxygen atoms in total. The van der Waals surface area contributed by atoms with Crippen molar-refractivity contribution in [3.63, 3.8) is 0 Å². The van der Waals surface area contributed by atoms with Gasteiger partial charge in [-0.05, 0) is 11.6 Å². The van der Waals surface area contributed by atoms with Gasteiger partial charge in [0.05, 0.1) is 23.6 Å². The molecule has 0 fully saturated rings. The lowest BCUT2D eigenvalue weighted by Crippen LogP contribution is -2.07. The lowest BCUT2D eigenvalue weighted by Gasteiger charge is -2.02. The number of nitrogens with zero attached hydrogens (tertiary/aromatic N) is 3. The van der Waals surface area contributed by atoms with Crippen LogP contribution >= 0.6 is 0 Å². The summed E-state index contributed by atoms with van der Waals surface area (Å²) in [5.41, 5.74) is 2.93. The third-order valence-corrected chi connectivity index (χ3v) is 3.61. The molecule has 0 saturated heterocycles. The van der Waals surface area contributed by atoms with E-state index in [1.54, 1.807) is 30.1 Å². The Bertz CT molecular complexity index is 1030. The Kier molecular flexibility index (Phi) is 2.69. The van der Waals surface area contributed by atoms with Gasteiger partial charge in [0.2, 0.25) is 5.88 Å². The van der Waals surface area contributed by atoms with Gasteiger partial charge in [0, 0.05) is 12.4 Å². The van der Waals surface area contributed by atoms with Crippen molar-refractivity contribution in [1.82, 2.24) is 19.6 Å². The van der Waals surface area contributed by atoms with Crippen LogP contribution in [0, 0.1) is 0 Å². The zero-order chi connectivity index (χ0) is 15.1. The second-order valence-electron chi connectivity index (χ2n) is 4.85. The van der Waals surface area contributed by atoms with E-state index < -0.39 is 0 Å². The largest absolute Gasteiger partial charge is 0.479 e. The molecule has 0 bridgehead atoms. The standard InChI is InChI=1S/C16H12N4O2/c1-22-16-13(10-5-3-2-4-6-10)14-18-9-11-12(20(14)19-16)7-8-17-15(11)21/h2-9H,1H3,(H,17,21). The Morgan fingerprint density at radius 2 is 2.00 bits per heavy atom. The Morgan fingerprint density at radius 1 is 1.18 bits per heavy atom. The molecule has 0 saturated carbocycles. The SMILES string of the molecule is COc1nn2c(ncc3c(=O)[nH]ccc32)c1-c1ccccc1. The Balaban J connectivity index is 2.16. The van der Waals surface area contributed by atoms with Crippen molar-refractivity contribution >= 4 is 16.6 Å². The summed E-state index contributed by atoms with van der Waals surface area (Å²) in [5.74, 6) is 0.478. The quantitative estimate of drug-likeness (QED) is 0.615. The van der Waals surface area contributed by atoms with Gasteiger partial charge in [0.25, 0.3) is 5.56 Å². The minimum Gasteiger partial charge on any atom is -0.479 e. The van der Waals surface area contributed by atoms with Gasteiger partial charge in [-0.15, -0.1) is 5.10 Å². The summed E-state index contributed by atoms with van der Waals surface area (Å²) in [6, 6.07) is 11.6. The van der Waals surface area contributed by atoms with Crippen molar-refractivity contribution < 1.29 is 4.74 Å². The predicted molar refractivity (Wildman–Crippen MR) is 83.1 cm³/mol. The minimum atomic E-state index is -0.192. The Labute approximate surface area is 125 Å². The van der Waals surface area contributed by atoms with Crippen molar-refractivity contribution in [1.29, 1.82) is 0 Å². The Hall–Kier alpha value is -3.15. The number of hydrogen-bond acceptors (Lipinski definition) is 4. The molecule has 4 rings (SSSR count). The number of ether oxygens (including phenoxy) is 1. The van der Waals surface area contributed by atoms with Crippen LogP contribution < -0.4 is 10.3 Å². The maximum atomic E-state index is 11.9. The van der Waals surface area contributed by atoms with E-state index in [1.807, 2.05) is 30.3 Å². The molecule has 22 heavy (non-hydrogen) atoms. The fraction of sp³-hybridized carbons (Fsp3) is 0.0625. The molecule has 0 radical (unpaired) electrons. The topological polar surface area (TPSA) is 72.3 Å². The second kappa shape index (κ2) is 4.70. The third kappa shape index (κ3) is 1.70. The first-order chi connectivity index (χ1) is 10.8. The van der Waals surface area contributed by atoms with Gasteiger partial charge in [-0.3, -0.25) is 4.79 Å². The van der Waals surface area contributed by atoms with Crippen LogP contribution in [0.2, 0.25) is 0 Å². The molecule has 4 aromatic rings. The maximum Gasteiger partial charge on any atom is 0.258 e. The van der Waals surface area contributed by atoms with Crippen molar-refractivity contribution in [3.05, 3.63) is 59.1 Å². The first-order valence-corrected chi connectivity index (χ1v) is 6.78. The minimum absolute atomic E-state index is 0.192. The summed E-state index contributed by atoms with van der Waals surface area (Å²) in [6.07, 6.45) is 3.16. The molecule has 3 aromatic heterocycles. The molecule has 0 spiro atoms. The normalized spacial score (nSPS) is 11.1. The molecular weight excluding hydrogens is 280 g/mol. The van der Waals surface area contributed by atoms with Gasteiger partial charge in [-0.1, -0.05) is 30.3 Å². The number of methoxy groups -OCH3 is 1. The summed E-state index contributed by atoms with van der Waals surface area (Å²) in [5, 5.41) is 4.94. The number of nitrogens with one attached hydrogen (secondary N) is 1. The molecule has 0 aliphatic carbocycles. The van der Waals surface area contributed by atoms with E-state index in [-0.39, 0.29) is 5.56 Å². The fourth-order valence-electron chi connectivity index (χ4n) is 2.59. The maximum absolute atomic E-state index is 11.9. The summed E-state index contributed by atoms with van der Waals surface area (Å²) in [7, 11) is 1.57. The molecule has 3 heterocycles. The third-order valence-electron chi connectivity index (χ3n) is 3.61. The second-order valence-corrected chi connectivity index (χ2v) is 4.85. The average Bonchev–Trinajstić information content (AvgIpc) is 2.95. The van der Waals surface area contributed by atoms with Crippen LogP contribution in [0.4, 0.5) is 0 Å². The first kappa shape index (κ1) is 12.6. The van der Waals surface area contributed by atoms with Crippen molar-refractivity contribution in [2.75, 3.05) is 7.11 Å². The monoisotopic (exact) mass is 292 g/mol. The summed E-state index contributed by atoms with van der Waals surface area (Å²) < 4.78 is 7.05. The molecule has 0 unspecified atom stereocenters. The van der Waals surface area contributed by atoms with Crippen molar-refractivity contribution in [2.45, 2.75) is 0 Å². The molecule has 1 aromatic carbocycles. The molecule has 0 atom stereocenters. The number of aromatic nitrogens is 4. The van der Waals surface area contributed by atoms with E-state index in [0.29, 0.717) is 22.4 Å². The van der Waals surface area contributed by atoms with Gasteiger partial charge in [-0.25, -0.2) is 9.50 Å². The molecule has 108 valence electrons. The van der Waals surface area contributed by atoms with E-state index in [0.717, 1.165) is 11.1 Å². The van der Waals surface area contributed by atoms with E-state index in [4.69, 9.17) is 4.74 Å². The number of aromatic amines is 1. The molecule has 0 amide bonds. The van der Waals surface area contributed by atoms with Crippen molar-refractivity contribution in [2.24, 2.45) is 0 Å². The van der Waals surface area contributed by atoms with Crippen LogP contribution in [0.1, 0.15) is 0 Å². The van der Waals surface area contributed by atoms with Crippen LogP contribution in [-0.2, 0) is 0 Å². The highest BCUT2D eigenvalue weighted by Gasteiger charge is 2.18. The number of pyridine rings is 1.